The molecular formula is C14H14N2O2S. The topological polar surface area (TPSA) is 48.0 Å². The van der Waals surface area contributed by atoms with E-state index < -0.39 is 0 Å². The summed E-state index contributed by atoms with van der Waals surface area (Å²) in [5, 5.41) is 0.956. The Kier molecular flexibility index (Phi) is 2.86. The van der Waals surface area contributed by atoms with Crippen molar-refractivity contribution in [3.63, 3.8) is 0 Å². The molecule has 2 atom stereocenters. The Balaban J connectivity index is 2.03. The molecule has 3 heterocycles. The number of fused-ring (bicyclic) bond motifs is 1. The SMILES string of the molecule is CC1n2c(/C=C/C=O)cnc2SC1(C)c1ccco1. The highest BCUT2D eigenvalue weighted by Crippen LogP contribution is 2.55. The van der Waals surface area contributed by atoms with Crippen LogP contribution in [0.1, 0.15) is 31.3 Å². The van der Waals surface area contributed by atoms with Crippen LogP contribution in [0.15, 0.2) is 40.2 Å². The van der Waals surface area contributed by atoms with E-state index in [9.17, 15) is 4.79 Å². The van der Waals surface area contributed by atoms with E-state index in [0.717, 1.165) is 22.9 Å². The number of carbonyl (C=O) groups excluding carboxylic acids is 1. The second-order valence-electron chi connectivity index (χ2n) is 4.69. The molecule has 0 saturated heterocycles. The Hall–Kier alpha value is -1.75. The van der Waals surface area contributed by atoms with Crippen molar-refractivity contribution >= 4 is 24.1 Å². The van der Waals surface area contributed by atoms with Gasteiger partial charge in [-0.2, -0.15) is 0 Å². The van der Waals surface area contributed by atoms with E-state index in [-0.39, 0.29) is 10.8 Å². The zero-order chi connectivity index (χ0) is 13.5. The molecule has 4 nitrogen and oxygen atoms in total. The van der Waals surface area contributed by atoms with Crippen LogP contribution in [0.2, 0.25) is 0 Å². The Morgan fingerprint density at radius 3 is 3.11 bits per heavy atom. The molecule has 2 aromatic rings. The third kappa shape index (κ3) is 1.76. The molecule has 0 amide bonds. The highest BCUT2D eigenvalue weighted by Gasteiger charge is 2.46. The van der Waals surface area contributed by atoms with Gasteiger partial charge in [-0.15, -0.1) is 0 Å². The number of thioether (sulfide) groups is 1. The molecule has 0 saturated carbocycles. The zero-order valence-corrected chi connectivity index (χ0v) is 11.6. The van der Waals surface area contributed by atoms with Crippen LogP contribution in [-0.4, -0.2) is 15.8 Å². The predicted octanol–water partition coefficient (Wildman–Crippen LogP) is 3.27. The van der Waals surface area contributed by atoms with Gasteiger partial charge in [0.15, 0.2) is 5.16 Å². The zero-order valence-electron chi connectivity index (χ0n) is 10.7. The largest absolute Gasteiger partial charge is 0.468 e. The van der Waals surface area contributed by atoms with Crippen LogP contribution in [0.3, 0.4) is 0 Å². The number of carbonyl (C=O) groups is 1. The predicted molar refractivity (Wildman–Crippen MR) is 74.0 cm³/mol. The molecule has 0 bridgehead atoms. The molecule has 98 valence electrons. The van der Waals surface area contributed by atoms with Crippen molar-refractivity contribution in [2.45, 2.75) is 29.8 Å². The second-order valence-corrected chi connectivity index (χ2v) is 6.11. The van der Waals surface area contributed by atoms with Gasteiger partial charge in [-0.25, -0.2) is 4.98 Å². The summed E-state index contributed by atoms with van der Waals surface area (Å²) in [4.78, 5) is 14.9. The third-order valence-corrected chi connectivity index (χ3v) is 5.09. The van der Waals surface area contributed by atoms with Crippen LogP contribution >= 0.6 is 11.8 Å². The fourth-order valence-electron chi connectivity index (χ4n) is 2.42. The minimum atomic E-state index is -0.170. The van der Waals surface area contributed by atoms with E-state index in [4.69, 9.17) is 4.42 Å². The summed E-state index contributed by atoms with van der Waals surface area (Å²) in [6.45, 7) is 4.30. The Morgan fingerprint density at radius 1 is 1.58 bits per heavy atom. The number of furan rings is 1. The van der Waals surface area contributed by atoms with E-state index in [2.05, 4.69) is 23.4 Å². The lowest BCUT2D eigenvalue weighted by molar-refractivity contribution is -0.104. The van der Waals surface area contributed by atoms with Gasteiger partial charge < -0.3 is 8.98 Å². The highest BCUT2D eigenvalue weighted by atomic mass is 32.2. The lowest BCUT2D eigenvalue weighted by Crippen LogP contribution is -2.23. The average molecular weight is 274 g/mol. The van der Waals surface area contributed by atoms with Crippen LogP contribution in [0.25, 0.3) is 6.08 Å². The van der Waals surface area contributed by atoms with Gasteiger partial charge in [0.1, 0.15) is 12.0 Å². The van der Waals surface area contributed by atoms with Crippen molar-refractivity contribution in [3.8, 4) is 0 Å². The number of hydrogen-bond donors (Lipinski definition) is 0. The summed E-state index contributed by atoms with van der Waals surface area (Å²) in [6, 6.07) is 4.10. The van der Waals surface area contributed by atoms with Crippen molar-refractivity contribution < 1.29 is 9.21 Å². The normalized spacial score (nSPS) is 25.9. The summed E-state index contributed by atoms with van der Waals surface area (Å²) < 4.78 is 7.55. The first-order chi connectivity index (χ1) is 9.16. The maximum Gasteiger partial charge on any atom is 0.169 e. The van der Waals surface area contributed by atoms with Gasteiger partial charge in [-0.1, -0.05) is 11.8 Å². The summed E-state index contributed by atoms with van der Waals surface area (Å²) in [6.07, 6.45) is 7.54. The van der Waals surface area contributed by atoms with Crippen molar-refractivity contribution in [3.05, 3.63) is 42.1 Å². The number of rotatable bonds is 3. The Bertz CT molecular complexity index is 630. The fraction of sp³-hybridized carbons (Fsp3) is 0.286. The molecule has 2 unspecified atom stereocenters. The molecule has 0 aromatic carbocycles. The first-order valence-corrected chi connectivity index (χ1v) is 6.90. The molecular weight excluding hydrogens is 260 g/mol. The van der Waals surface area contributed by atoms with Gasteiger partial charge >= 0.3 is 0 Å². The number of aromatic nitrogens is 2. The number of hydrogen-bond acceptors (Lipinski definition) is 4. The summed E-state index contributed by atoms with van der Waals surface area (Å²) >= 11 is 1.69. The lowest BCUT2D eigenvalue weighted by atomic mass is 9.99. The summed E-state index contributed by atoms with van der Waals surface area (Å²) in [5.41, 5.74) is 0.942. The number of allylic oxidation sites excluding steroid dienone is 1. The van der Waals surface area contributed by atoms with Crippen LogP contribution in [0, 0.1) is 0 Å². The Morgan fingerprint density at radius 2 is 2.42 bits per heavy atom. The van der Waals surface area contributed by atoms with E-state index >= 15 is 0 Å². The van der Waals surface area contributed by atoms with Crippen molar-refractivity contribution in [2.24, 2.45) is 0 Å². The van der Waals surface area contributed by atoms with E-state index in [1.54, 1.807) is 30.3 Å². The van der Waals surface area contributed by atoms with Crippen LogP contribution < -0.4 is 0 Å². The molecule has 0 N–H and O–H groups in total. The first kappa shape index (κ1) is 12.3. The Labute approximate surface area is 115 Å². The molecule has 0 fully saturated rings. The minimum absolute atomic E-state index is 0.170. The van der Waals surface area contributed by atoms with Crippen molar-refractivity contribution in [1.82, 2.24) is 9.55 Å². The van der Waals surface area contributed by atoms with Gasteiger partial charge in [-0.3, -0.25) is 4.79 Å². The maximum absolute atomic E-state index is 10.5. The summed E-state index contributed by atoms with van der Waals surface area (Å²) in [7, 11) is 0. The molecule has 0 aliphatic carbocycles. The quantitative estimate of drug-likeness (QED) is 0.636. The minimum Gasteiger partial charge on any atom is -0.468 e. The van der Waals surface area contributed by atoms with Gasteiger partial charge in [0.25, 0.3) is 0 Å². The van der Waals surface area contributed by atoms with E-state index in [0.29, 0.717) is 0 Å². The smallest absolute Gasteiger partial charge is 0.169 e. The van der Waals surface area contributed by atoms with Gasteiger partial charge in [0.05, 0.1) is 28.9 Å². The van der Waals surface area contributed by atoms with Crippen molar-refractivity contribution in [1.29, 1.82) is 0 Å². The van der Waals surface area contributed by atoms with Crippen LogP contribution in [-0.2, 0) is 9.54 Å². The first-order valence-electron chi connectivity index (χ1n) is 6.09. The standard InChI is InChI=1S/C14H14N2O2S/c1-10-14(2,12-6-4-8-18-12)19-13-15-9-11(16(10)13)5-3-7-17/h3-10H,1-2H3/b5-3+. The maximum atomic E-state index is 10.5. The van der Waals surface area contributed by atoms with Crippen LogP contribution in [0.5, 0.6) is 0 Å². The van der Waals surface area contributed by atoms with Gasteiger partial charge in [0, 0.05) is 0 Å². The molecule has 0 spiro atoms. The average Bonchev–Trinajstić information content (AvgIpc) is 3.08. The molecule has 1 aliphatic rings. The second kappa shape index (κ2) is 4.42. The van der Waals surface area contributed by atoms with Crippen molar-refractivity contribution in [2.75, 3.05) is 0 Å². The molecule has 0 radical (unpaired) electrons. The molecule has 2 aromatic heterocycles. The monoisotopic (exact) mass is 274 g/mol. The molecule has 3 rings (SSSR count). The summed E-state index contributed by atoms with van der Waals surface area (Å²) in [5.74, 6) is 0.945. The lowest BCUT2D eigenvalue weighted by Gasteiger charge is -2.26. The third-order valence-electron chi connectivity index (χ3n) is 3.64. The van der Waals surface area contributed by atoms with Gasteiger partial charge in [-0.05, 0) is 38.1 Å². The van der Waals surface area contributed by atoms with Crippen LogP contribution in [0.4, 0.5) is 0 Å². The number of imidazole rings is 1. The van der Waals surface area contributed by atoms with E-state index in [1.165, 1.54) is 6.08 Å². The fourth-order valence-corrected chi connectivity index (χ4v) is 3.76. The number of nitrogens with zero attached hydrogens (tertiary/aromatic N) is 2. The van der Waals surface area contributed by atoms with Gasteiger partial charge in [0.2, 0.25) is 0 Å². The van der Waals surface area contributed by atoms with E-state index in [1.807, 2.05) is 12.1 Å². The molecule has 5 heteroatoms. The molecule has 19 heavy (non-hydrogen) atoms. The highest BCUT2D eigenvalue weighted by molar-refractivity contribution is 8.00. The molecule has 1 aliphatic heterocycles. The number of aldehydes is 1.